The van der Waals surface area contributed by atoms with E-state index in [9.17, 15) is 4.79 Å². The molecule has 0 bridgehead atoms. The molecule has 1 heterocycles. The Morgan fingerprint density at radius 1 is 1.69 bits per heavy atom. The van der Waals surface area contributed by atoms with Crippen LogP contribution in [-0.2, 0) is 9.53 Å². The number of ether oxygens (including phenoxy) is 1. The first-order valence-electron chi connectivity index (χ1n) is 5.54. The number of nitrogens with one attached hydrogen (secondary N) is 1. The quantitative estimate of drug-likeness (QED) is 0.574. The first kappa shape index (κ1) is 12.7. The van der Waals surface area contributed by atoms with Gasteiger partial charge in [0.25, 0.3) is 0 Å². The van der Waals surface area contributed by atoms with Crippen molar-refractivity contribution in [3.05, 3.63) is 12.2 Å². The molecule has 1 rings (SSSR count). The topological polar surface area (TPSA) is 62.1 Å². The molecule has 0 radical (unpaired) electrons. The standard InChI is InChI=1S/C12H18N2O2/c1-4-16-12(15)5-9-10(8(2)3)7-14-11(9)6-13/h9-11,14H,2,4-5,7H2,1,3H3/t9-,10+,11-/m0/s1. The van der Waals surface area contributed by atoms with E-state index in [-0.39, 0.29) is 30.3 Å². The lowest BCUT2D eigenvalue weighted by molar-refractivity contribution is -0.144. The van der Waals surface area contributed by atoms with Gasteiger partial charge in [0.1, 0.15) is 0 Å². The Kier molecular flexibility index (Phi) is 4.51. The van der Waals surface area contributed by atoms with Crippen LogP contribution in [0.3, 0.4) is 0 Å². The van der Waals surface area contributed by atoms with Crippen LogP contribution >= 0.6 is 0 Å². The van der Waals surface area contributed by atoms with E-state index in [1.807, 2.05) is 6.92 Å². The summed E-state index contributed by atoms with van der Waals surface area (Å²) in [6, 6.07) is 1.91. The van der Waals surface area contributed by atoms with Crippen molar-refractivity contribution in [2.75, 3.05) is 13.2 Å². The van der Waals surface area contributed by atoms with Crippen molar-refractivity contribution in [3.63, 3.8) is 0 Å². The van der Waals surface area contributed by atoms with Gasteiger partial charge in [0, 0.05) is 12.5 Å². The molecule has 0 amide bonds. The molecule has 16 heavy (non-hydrogen) atoms. The van der Waals surface area contributed by atoms with Gasteiger partial charge in [-0.15, -0.1) is 0 Å². The third kappa shape index (κ3) is 2.83. The number of carbonyl (C=O) groups is 1. The van der Waals surface area contributed by atoms with Crippen LogP contribution in [-0.4, -0.2) is 25.2 Å². The number of nitriles is 1. The number of hydrogen-bond acceptors (Lipinski definition) is 4. The van der Waals surface area contributed by atoms with Crippen LogP contribution in [0.1, 0.15) is 20.3 Å². The van der Waals surface area contributed by atoms with Crippen LogP contribution in [0.25, 0.3) is 0 Å². The van der Waals surface area contributed by atoms with Gasteiger partial charge in [-0.25, -0.2) is 0 Å². The van der Waals surface area contributed by atoms with Gasteiger partial charge in [-0.1, -0.05) is 12.2 Å². The van der Waals surface area contributed by atoms with Crippen molar-refractivity contribution in [2.24, 2.45) is 11.8 Å². The fraction of sp³-hybridized carbons (Fsp3) is 0.667. The van der Waals surface area contributed by atoms with E-state index in [0.717, 1.165) is 12.1 Å². The summed E-state index contributed by atoms with van der Waals surface area (Å²) in [7, 11) is 0. The lowest BCUT2D eigenvalue weighted by Gasteiger charge is -2.19. The smallest absolute Gasteiger partial charge is 0.306 e. The van der Waals surface area contributed by atoms with E-state index in [1.54, 1.807) is 6.92 Å². The summed E-state index contributed by atoms with van der Waals surface area (Å²) in [4.78, 5) is 11.4. The lowest BCUT2D eigenvalue weighted by Crippen LogP contribution is -2.28. The van der Waals surface area contributed by atoms with Crippen molar-refractivity contribution in [2.45, 2.75) is 26.3 Å². The largest absolute Gasteiger partial charge is 0.466 e. The van der Waals surface area contributed by atoms with Crippen molar-refractivity contribution >= 4 is 5.97 Å². The molecule has 1 fully saturated rings. The van der Waals surface area contributed by atoms with E-state index in [4.69, 9.17) is 10.00 Å². The van der Waals surface area contributed by atoms with Crippen molar-refractivity contribution < 1.29 is 9.53 Å². The highest BCUT2D eigenvalue weighted by atomic mass is 16.5. The average molecular weight is 222 g/mol. The van der Waals surface area contributed by atoms with Gasteiger partial charge in [-0.2, -0.15) is 5.26 Å². The molecule has 0 saturated carbocycles. The van der Waals surface area contributed by atoms with Gasteiger partial charge in [0.05, 0.1) is 25.1 Å². The Balaban J connectivity index is 2.67. The van der Waals surface area contributed by atoms with Gasteiger partial charge in [-0.05, 0) is 19.8 Å². The summed E-state index contributed by atoms with van der Waals surface area (Å²) in [5, 5.41) is 12.1. The Hall–Kier alpha value is -1.34. The Labute approximate surface area is 96.3 Å². The summed E-state index contributed by atoms with van der Waals surface area (Å²) >= 11 is 0. The Morgan fingerprint density at radius 2 is 2.38 bits per heavy atom. The minimum atomic E-state index is -0.272. The summed E-state index contributed by atoms with van der Waals surface area (Å²) in [5.41, 5.74) is 1.01. The maximum absolute atomic E-state index is 11.4. The predicted octanol–water partition coefficient (Wildman–Crippen LogP) is 1.24. The SMILES string of the molecule is C=C(C)[C@H]1CN[C@@H](C#N)[C@H]1CC(=O)OCC. The minimum Gasteiger partial charge on any atom is -0.466 e. The van der Waals surface area contributed by atoms with Gasteiger partial charge < -0.3 is 10.1 Å². The zero-order chi connectivity index (χ0) is 12.1. The van der Waals surface area contributed by atoms with Gasteiger partial charge in [0.15, 0.2) is 0 Å². The van der Waals surface area contributed by atoms with Crippen LogP contribution < -0.4 is 5.32 Å². The third-order valence-corrected chi connectivity index (χ3v) is 2.98. The highest BCUT2D eigenvalue weighted by Gasteiger charge is 2.37. The minimum absolute atomic E-state index is 0.0125. The second-order valence-electron chi connectivity index (χ2n) is 4.14. The number of rotatable bonds is 4. The highest BCUT2D eigenvalue weighted by Crippen LogP contribution is 2.30. The zero-order valence-electron chi connectivity index (χ0n) is 9.82. The highest BCUT2D eigenvalue weighted by molar-refractivity contribution is 5.70. The molecule has 0 spiro atoms. The summed E-state index contributed by atoms with van der Waals surface area (Å²) in [6.07, 6.45) is 0.288. The second-order valence-corrected chi connectivity index (χ2v) is 4.14. The number of esters is 1. The average Bonchev–Trinajstić information content (AvgIpc) is 2.61. The molecule has 0 aliphatic carbocycles. The van der Waals surface area contributed by atoms with Crippen LogP contribution in [0.15, 0.2) is 12.2 Å². The van der Waals surface area contributed by atoms with E-state index in [1.165, 1.54) is 0 Å². The molecule has 3 atom stereocenters. The normalized spacial score (nSPS) is 28.4. The fourth-order valence-corrected chi connectivity index (χ4v) is 2.14. The van der Waals surface area contributed by atoms with Crippen LogP contribution in [0, 0.1) is 23.2 Å². The van der Waals surface area contributed by atoms with Crippen LogP contribution in [0.5, 0.6) is 0 Å². The van der Waals surface area contributed by atoms with Crippen LogP contribution in [0.4, 0.5) is 0 Å². The summed E-state index contributed by atoms with van der Waals surface area (Å²) < 4.78 is 4.92. The van der Waals surface area contributed by atoms with E-state index in [0.29, 0.717) is 6.61 Å². The predicted molar refractivity (Wildman–Crippen MR) is 60.4 cm³/mol. The molecule has 1 N–H and O–H groups in total. The summed E-state index contributed by atoms with van der Waals surface area (Å²) in [5.74, 6) is -0.0571. The van der Waals surface area contributed by atoms with Crippen molar-refractivity contribution in [1.82, 2.24) is 5.32 Å². The number of hydrogen-bond donors (Lipinski definition) is 1. The Bertz CT molecular complexity index is 319. The van der Waals surface area contributed by atoms with Crippen molar-refractivity contribution in [3.8, 4) is 6.07 Å². The molecule has 88 valence electrons. The van der Waals surface area contributed by atoms with Gasteiger partial charge in [0.2, 0.25) is 0 Å². The van der Waals surface area contributed by atoms with Gasteiger partial charge >= 0.3 is 5.97 Å². The fourth-order valence-electron chi connectivity index (χ4n) is 2.14. The number of carbonyl (C=O) groups excluding carboxylic acids is 1. The molecular formula is C12H18N2O2. The third-order valence-electron chi connectivity index (χ3n) is 2.98. The zero-order valence-corrected chi connectivity index (χ0v) is 9.82. The molecular weight excluding hydrogens is 204 g/mol. The lowest BCUT2D eigenvalue weighted by atomic mass is 9.84. The molecule has 1 aliphatic rings. The molecule has 1 saturated heterocycles. The van der Waals surface area contributed by atoms with Crippen molar-refractivity contribution in [1.29, 1.82) is 5.26 Å². The van der Waals surface area contributed by atoms with E-state index < -0.39 is 0 Å². The molecule has 1 aliphatic heterocycles. The van der Waals surface area contributed by atoms with E-state index >= 15 is 0 Å². The number of nitrogens with zero attached hydrogens (tertiary/aromatic N) is 1. The monoisotopic (exact) mass is 222 g/mol. The maximum Gasteiger partial charge on any atom is 0.306 e. The van der Waals surface area contributed by atoms with Gasteiger partial charge in [-0.3, -0.25) is 4.79 Å². The molecule has 0 unspecified atom stereocenters. The first-order chi connectivity index (χ1) is 7.60. The van der Waals surface area contributed by atoms with E-state index in [2.05, 4.69) is 18.0 Å². The molecule has 4 nitrogen and oxygen atoms in total. The maximum atomic E-state index is 11.4. The van der Waals surface area contributed by atoms with Crippen LogP contribution in [0.2, 0.25) is 0 Å². The molecule has 0 aromatic carbocycles. The molecule has 4 heteroatoms. The first-order valence-corrected chi connectivity index (χ1v) is 5.54. The summed E-state index contributed by atoms with van der Waals surface area (Å²) in [6.45, 7) is 8.73. The second kappa shape index (κ2) is 5.66. The molecule has 0 aromatic heterocycles. The Morgan fingerprint density at radius 3 is 2.88 bits per heavy atom. The molecule has 0 aromatic rings.